The van der Waals surface area contributed by atoms with Crippen LogP contribution in [0.25, 0.3) is 6.08 Å². The van der Waals surface area contributed by atoms with Crippen molar-refractivity contribution in [3.63, 3.8) is 0 Å². The van der Waals surface area contributed by atoms with Crippen molar-refractivity contribution in [2.45, 2.75) is 0 Å². The van der Waals surface area contributed by atoms with Gasteiger partial charge in [-0.25, -0.2) is 0 Å². The quantitative estimate of drug-likeness (QED) is 0.513. The van der Waals surface area contributed by atoms with E-state index in [2.05, 4.69) is 0 Å². The highest BCUT2D eigenvalue weighted by molar-refractivity contribution is 5.65. The van der Waals surface area contributed by atoms with Gasteiger partial charge in [0, 0.05) is 0 Å². The number of hydrogen-bond donors (Lipinski definition) is 1. The van der Waals surface area contributed by atoms with Crippen LogP contribution < -0.4 is 10.5 Å². The molecule has 0 aliphatic heterocycles. The zero-order valence-electron chi connectivity index (χ0n) is 10.7. The maximum Gasteiger partial charge on any atom is 0.333 e. The summed E-state index contributed by atoms with van der Waals surface area (Å²) in [4.78, 5) is 10.4. The first-order valence-electron chi connectivity index (χ1n) is 6.06. The van der Waals surface area contributed by atoms with E-state index in [0.29, 0.717) is 0 Å². The molecule has 102 valence electrons. The van der Waals surface area contributed by atoms with E-state index >= 15 is 0 Å². The summed E-state index contributed by atoms with van der Waals surface area (Å²) in [5.41, 5.74) is 6.52. The molecule has 0 aliphatic carbocycles. The topological polar surface area (TPSA) is 78.4 Å². The summed E-state index contributed by atoms with van der Waals surface area (Å²) >= 11 is 0. The maximum absolute atomic E-state index is 10.9. The lowest BCUT2D eigenvalue weighted by molar-refractivity contribution is -0.384. The largest absolute Gasteiger partial charge is 0.483 e. The molecule has 0 bridgehead atoms. The predicted octanol–water partition coefficient (Wildman–Crippen LogP) is 3.27. The van der Waals surface area contributed by atoms with Crippen molar-refractivity contribution < 1.29 is 9.66 Å². The molecule has 2 N–H and O–H groups in total. The van der Waals surface area contributed by atoms with Crippen LogP contribution in [-0.2, 0) is 0 Å². The maximum atomic E-state index is 10.9. The third-order valence-corrected chi connectivity index (χ3v) is 2.66. The van der Waals surface area contributed by atoms with Crippen molar-refractivity contribution in [1.82, 2.24) is 0 Å². The summed E-state index contributed by atoms with van der Waals surface area (Å²) in [6.45, 7) is 0.235. The Bertz CT molecular complexity index is 624. The summed E-state index contributed by atoms with van der Waals surface area (Å²) in [6, 6.07) is 14.4. The Kier molecular flexibility index (Phi) is 4.34. The highest BCUT2D eigenvalue weighted by atomic mass is 16.6. The molecule has 0 amide bonds. The summed E-state index contributed by atoms with van der Waals surface area (Å²) < 4.78 is 5.39. The molecule has 0 spiro atoms. The van der Waals surface area contributed by atoms with Crippen LogP contribution in [0.3, 0.4) is 0 Å². The van der Waals surface area contributed by atoms with Gasteiger partial charge in [-0.3, -0.25) is 10.1 Å². The van der Waals surface area contributed by atoms with Gasteiger partial charge in [-0.2, -0.15) is 0 Å². The third kappa shape index (κ3) is 3.35. The van der Waals surface area contributed by atoms with Gasteiger partial charge in [-0.15, -0.1) is 0 Å². The number of ether oxygens (including phenoxy) is 1. The van der Waals surface area contributed by atoms with Crippen molar-refractivity contribution >= 4 is 17.5 Å². The van der Waals surface area contributed by atoms with Crippen molar-refractivity contribution in [2.24, 2.45) is 0 Å². The van der Waals surface area contributed by atoms with Crippen LogP contribution >= 0.6 is 0 Å². The lowest BCUT2D eigenvalue weighted by Crippen LogP contribution is -2.01. The summed E-state index contributed by atoms with van der Waals surface area (Å²) in [6.07, 6.45) is 3.68. The molecule has 0 atom stereocenters. The van der Waals surface area contributed by atoms with Gasteiger partial charge in [0.05, 0.1) is 4.92 Å². The lowest BCUT2D eigenvalue weighted by atomic mass is 10.2. The smallest absolute Gasteiger partial charge is 0.333 e. The molecule has 5 heteroatoms. The van der Waals surface area contributed by atoms with E-state index in [1.807, 2.05) is 36.4 Å². The molecule has 0 aliphatic rings. The molecular formula is C15H14N2O3. The predicted molar refractivity (Wildman–Crippen MR) is 78.5 cm³/mol. The van der Waals surface area contributed by atoms with Gasteiger partial charge in [-0.1, -0.05) is 42.5 Å². The Morgan fingerprint density at radius 3 is 2.60 bits per heavy atom. The van der Waals surface area contributed by atoms with E-state index in [1.54, 1.807) is 12.1 Å². The Labute approximate surface area is 116 Å². The van der Waals surface area contributed by atoms with Gasteiger partial charge in [0.25, 0.3) is 0 Å². The fourth-order valence-corrected chi connectivity index (χ4v) is 1.74. The molecule has 0 saturated heterocycles. The average Bonchev–Trinajstić information content (AvgIpc) is 2.44. The highest BCUT2D eigenvalue weighted by Crippen LogP contribution is 2.32. The molecule has 0 saturated carbocycles. The first-order chi connectivity index (χ1) is 9.68. The highest BCUT2D eigenvalue weighted by Gasteiger charge is 2.18. The fraction of sp³-hybridized carbons (Fsp3) is 0.0667. The number of para-hydroxylation sites is 1. The second-order valence-corrected chi connectivity index (χ2v) is 4.08. The molecule has 0 unspecified atom stereocenters. The van der Waals surface area contributed by atoms with E-state index in [1.165, 1.54) is 12.1 Å². The van der Waals surface area contributed by atoms with Crippen LogP contribution in [0.15, 0.2) is 54.6 Å². The van der Waals surface area contributed by atoms with Crippen molar-refractivity contribution in [2.75, 3.05) is 12.3 Å². The minimum atomic E-state index is -0.536. The lowest BCUT2D eigenvalue weighted by Gasteiger charge is -2.05. The normalized spacial score (nSPS) is 10.6. The van der Waals surface area contributed by atoms with Crippen molar-refractivity contribution in [1.29, 1.82) is 0 Å². The van der Waals surface area contributed by atoms with Gasteiger partial charge in [0.1, 0.15) is 12.3 Å². The average molecular weight is 270 g/mol. The SMILES string of the molecule is Nc1cccc(OC/C=C/c2ccccc2)c1[N+](=O)[O-]. The molecule has 0 aromatic heterocycles. The van der Waals surface area contributed by atoms with Crippen LogP contribution in [0.5, 0.6) is 5.75 Å². The first kappa shape index (κ1) is 13.6. The number of nitro groups is 1. The zero-order chi connectivity index (χ0) is 14.4. The minimum absolute atomic E-state index is 0.0968. The van der Waals surface area contributed by atoms with Crippen LogP contribution in [0.1, 0.15) is 5.56 Å². The number of nitrogens with two attached hydrogens (primary N) is 1. The number of nitrogens with zero attached hydrogens (tertiary/aromatic N) is 1. The molecular weight excluding hydrogens is 256 g/mol. The third-order valence-electron chi connectivity index (χ3n) is 2.66. The molecule has 0 heterocycles. The molecule has 0 fully saturated rings. The minimum Gasteiger partial charge on any atom is -0.483 e. The van der Waals surface area contributed by atoms with Crippen LogP contribution in [0.2, 0.25) is 0 Å². The summed E-state index contributed by atoms with van der Waals surface area (Å²) in [7, 11) is 0. The van der Waals surface area contributed by atoms with E-state index in [0.717, 1.165) is 5.56 Å². The van der Waals surface area contributed by atoms with Gasteiger partial charge in [0.2, 0.25) is 0 Å². The second kappa shape index (κ2) is 6.38. The molecule has 2 aromatic rings. The Balaban J connectivity index is 2.03. The van der Waals surface area contributed by atoms with Gasteiger partial charge < -0.3 is 10.5 Å². The number of benzene rings is 2. The molecule has 20 heavy (non-hydrogen) atoms. The van der Waals surface area contributed by atoms with E-state index in [9.17, 15) is 10.1 Å². The van der Waals surface area contributed by atoms with Crippen LogP contribution in [-0.4, -0.2) is 11.5 Å². The van der Waals surface area contributed by atoms with Gasteiger partial charge in [0.15, 0.2) is 5.75 Å². The number of hydrogen-bond acceptors (Lipinski definition) is 4. The number of rotatable bonds is 5. The second-order valence-electron chi connectivity index (χ2n) is 4.08. The monoisotopic (exact) mass is 270 g/mol. The molecule has 2 aromatic carbocycles. The zero-order valence-corrected chi connectivity index (χ0v) is 10.7. The Morgan fingerprint density at radius 1 is 1.15 bits per heavy atom. The van der Waals surface area contributed by atoms with E-state index in [-0.39, 0.29) is 23.7 Å². The number of anilines is 1. The molecule has 0 radical (unpaired) electrons. The van der Waals surface area contributed by atoms with Crippen molar-refractivity contribution in [3.8, 4) is 5.75 Å². The summed E-state index contributed by atoms with van der Waals surface area (Å²) in [5.74, 6) is 0.174. The van der Waals surface area contributed by atoms with E-state index in [4.69, 9.17) is 10.5 Å². The number of nitro benzene ring substituents is 1. The fourth-order valence-electron chi connectivity index (χ4n) is 1.74. The van der Waals surface area contributed by atoms with Crippen LogP contribution in [0, 0.1) is 10.1 Å². The van der Waals surface area contributed by atoms with Gasteiger partial charge >= 0.3 is 5.69 Å². The molecule has 5 nitrogen and oxygen atoms in total. The first-order valence-corrected chi connectivity index (χ1v) is 6.06. The Morgan fingerprint density at radius 2 is 1.90 bits per heavy atom. The standard InChI is InChI=1S/C15H14N2O3/c16-13-9-4-10-14(15(13)17(18)19)20-11-5-8-12-6-2-1-3-7-12/h1-10H,11,16H2/b8-5+. The number of nitrogen functional groups attached to an aromatic ring is 1. The van der Waals surface area contributed by atoms with E-state index < -0.39 is 4.92 Å². The van der Waals surface area contributed by atoms with Crippen molar-refractivity contribution in [3.05, 3.63) is 70.3 Å². The van der Waals surface area contributed by atoms with Gasteiger partial charge in [-0.05, 0) is 23.8 Å². The molecule has 2 rings (SSSR count). The summed E-state index contributed by atoms with van der Waals surface area (Å²) in [5, 5.41) is 10.9. The van der Waals surface area contributed by atoms with Crippen LogP contribution in [0.4, 0.5) is 11.4 Å². The Hall–Kier alpha value is -2.82.